The minimum Gasteiger partial charge on any atom is -0.463 e. The maximum absolute atomic E-state index is 13.5. The van der Waals surface area contributed by atoms with Gasteiger partial charge in [-0.3, -0.25) is 14.5 Å². The summed E-state index contributed by atoms with van der Waals surface area (Å²) in [6.07, 6.45) is 3.77. The number of para-hydroxylation sites is 1. The van der Waals surface area contributed by atoms with E-state index in [-0.39, 0.29) is 17.9 Å². The number of aromatic nitrogens is 1. The van der Waals surface area contributed by atoms with Crippen molar-refractivity contribution in [3.8, 4) is 11.5 Å². The monoisotopic (exact) mass is 418 g/mol. The lowest BCUT2D eigenvalue weighted by molar-refractivity contribution is -0.126. The molecule has 1 saturated carbocycles. The van der Waals surface area contributed by atoms with Crippen molar-refractivity contribution >= 4 is 22.7 Å². The first-order valence-corrected chi connectivity index (χ1v) is 10.9. The Bertz CT molecular complexity index is 1100. The number of hydrogen-bond donors (Lipinski definition) is 1. The van der Waals surface area contributed by atoms with Crippen molar-refractivity contribution in [3.63, 3.8) is 0 Å². The standard InChI is InChI=1S/C24H26N4O3/c1-16(23(29)25-17-8-9-17)27-10-12-28(13-11-27)24(30)19-15-21(22-7-4-14-31-22)26-20-6-3-2-5-18(19)20/h2-7,14-17H,8-13H2,1H3,(H,25,29). The molecule has 2 amide bonds. The highest BCUT2D eigenvalue weighted by molar-refractivity contribution is 6.07. The van der Waals surface area contributed by atoms with Crippen LogP contribution in [0.2, 0.25) is 0 Å². The fourth-order valence-corrected chi connectivity index (χ4v) is 4.10. The molecule has 0 radical (unpaired) electrons. The van der Waals surface area contributed by atoms with E-state index in [4.69, 9.17) is 4.42 Å². The van der Waals surface area contributed by atoms with Crippen molar-refractivity contribution < 1.29 is 14.0 Å². The van der Waals surface area contributed by atoms with Crippen molar-refractivity contribution in [2.24, 2.45) is 0 Å². The second kappa shape index (κ2) is 8.15. The zero-order valence-corrected chi connectivity index (χ0v) is 17.6. The molecule has 0 bridgehead atoms. The molecule has 3 aromatic rings. The van der Waals surface area contributed by atoms with Gasteiger partial charge in [0.05, 0.1) is 23.4 Å². The lowest BCUT2D eigenvalue weighted by Gasteiger charge is -2.37. The van der Waals surface area contributed by atoms with Gasteiger partial charge in [0.25, 0.3) is 5.91 Å². The molecule has 1 unspecified atom stereocenters. The fourth-order valence-electron chi connectivity index (χ4n) is 4.10. The number of furan rings is 1. The van der Waals surface area contributed by atoms with Crippen molar-refractivity contribution in [2.45, 2.75) is 31.8 Å². The average Bonchev–Trinajstić information content (AvgIpc) is 3.45. The summed E-state index contributed by atoms with van der Waals surface area (Å²) < 4.78 is 5.51. The van der Waals surface area contributed by atoms with E-state index in [9.17, 15) is 9.59 Å². The Balaban J connectivity index is 1.34. The van der Waals surface area contributed by atoms with Gasteiger partial charge in [0.1, 0.15) is 5.69 Å². The number of rotatable bonds is 5. The maximum Gasteiger partial charge on any atom is 0.254 e. The van der Waals surface area contributed by atoms with E-state index in [1.54, 1.807) is 6.26 Å². The van der Waals surface area contributed by atoms with Crippen LogP contribution >= 0.6 is 0 Å². The molecule has 3 heterocycles. The molecule has 160 valence electrons. The van der Waals surface area contributed by atoms with Crippen molar-refractivity contribution in [3.05, 3.63) is 54.3 Å². The topological polar surface area (TPSA) is 78.7 Å². The zero-order chi connectivity index (χ0) is 21.4. The first kappa shape index (κ1) is 19.8. The molecular formula is C24H26N4O3. The van der Waals surface area contributed by atoms with Crippen molar-refractivity contribution in [2.75, 3.05) is 26.2 Å². The van der Waals surface area contributed by atoms with Crippen molar-refractivity contribution in [1.29, 1.82) is 0 Å². The van der Waals surface area contributed by atoms with Crippen LogP contribution in [-0.2, 0) is 4.79 Å². The van der Waals surface area contributed by atoms with E-state index in [1.807, 2.05) is 54.3 Å². The second-order valence-electron chi connectivity index (χ2n) is 8.34. The molecule has 2 aliphatic rings. The SMILES string of the molecule is CC(C(=O)NC1CC1)N1CCN(C(=O)c2cc(-c3ccco3)nc3ccccc23)CC1. The number of nitrogens with one attached hydrogen (secondary N) is 1. The number of carbonyl (C=O) groups excluding carboxylic acids is 2. The summed E-state index contributed by atoms with van der Waals surface area (Å²) in [4.78, 5) is 34.5. The summed E-state index contributed by atoms with van der Waals surface area (Å²) in [7, 11) is 0. The number of piperazine rings is 1. The van der Waals surface area contributed by atoms with Gasteiger partial charge in [0, 0.05) is 37.6 Å². The summed E-state index contributed by atoms with van der Waals surface area (Å²) >= 11 is 0. The molecule has 1 aliphatic carbocycles. The summed E-state index contributed by atoms with van der Waals surface area (Å²) in [6, 6.07) is 13.4. The predicted octanol–water partition coefficient (Wildman–Crippen LogP) is 2.92. The Hall–Kier alpha value is -3.19. The molecule has 7 heteroatoms. The van der Waals surface area contributed by atoms with Gasteiger partial charge in [0.2, 0.25) is 5.91 Å². The summed E-state index contributed by atoms with van der Waals surface area (Å²) in [5.41, 5.74) is 2.05. The Morgan fingerprint density at radius 3 is 2.58 bits per heavy atom. The first-order valence-electron chi connectivity index (χ1n) is 10.9. The van der Waals surface area contributed by atoms with Gasteiger partial charge in [-0.2, -0.15) is 0 Å². The van der Waals surface area contributed by atoms with E-state index in [2.05, 4.69) is 15.2 Å². The van der Waals surface area contributed by atoms with E-state index in [0.717, 1.165) is 23.7 Å². The van der Waals surface area contributed by atoms with E-state index in [0.29, 0.717) is 49.2 Å². The molecule has 1 saturated heterocycles. The molecule has 1 N–H and O–H groups in total. The Morgan fingerprint density at radius 2 is 1.87 bits per heavy atom. The van der Waals surface area contributed by atoms with Crippen LogP contribution in [-0.4, -0.2) is 64.9 Å². The smallest absolute Gasteiger partial charge is 0.254 e. The minimum atomic E-state index is -0.176. The number of fused-ring (bicyclic) bond motifs is 1. The zero-order valence-electron chi connectivity index (χ0n) is 17.6. The van der Waals surface area contributed by atoms with Gasteiger partial charge in [-0.1, -0.05) is 18.2 Å². The number of nitrogens with zero attached hydrogens (tertiary/aromatic N) is 3. The number of carbonyl (C=O) groups is 2. The molecule has 2 aromatic heterocycles. The van der Waals surface area contributed by atoms with E-state index in [1.165, 1.54) is 0 Å². The molecule has 7 nitrogen and oxygen atoms in total. The lowest BCUT2D eigenvalue weighted by Crippen LogP contribution is -2.55. The van der Waals surface area contributed by atoms with Gasteiger partial charge in [-0.15, -0.1) is 0 Å². The molecule has 2 fully saturated rings. The van der Waals surface area contributed by atoms with Crippen molar-refractivity contribution in [1.82, 2.24) is 20.1 Å². The number of hydrogen-bond acceptors (Lipinski definition) is 5. The minimum absolute atomic E-state index is 0.0128. The highest BCUT2D eigenvalue weighted by atomic mass is 16.3. The predicted molar refractivity (Wildman–Crippen MR) is 118 cm³/mol. The molecule has 1 aliphatic heterocycles. The van der Waals surface area contributed by atoms with Crippen LogP contribution < -0.4 is 5.32 Å². The maximum atomic E-state index is 13.5. The second-order valence-corrected chi connectivity index (χ2v) is 8.34. The molecule has 1 aromatic carbocycles. The van der Waals surface area contributed by atoms with Gasteiger partial charge < -0.3 is 14.6 Å². The third-order valence-corrected chi connectivity index (χ3v) is 6.17. The van der Waals surface area contributed by atoms with Gasteiger partial charge in [-0.05, 0) is 44.0 Å². The largest absolute Gasteiger partial charge is 0.463 e. The summed E-state index contributed by atoms with van der Waals surface area (Å²) in [5, 5.41) is 3.91. The van der Waals surface area contributed by atoms with Gasteiger partial charge in [0.15, 0.2) is 5.76 Å². The average molecular weight is 418 g/mol. The Kier molecular flexibility index (Phi) is 5.19. The van der Waals surface area contributed by atoms with E-state index < -0.39 is 0 Å². The highest BCUT2D eigenvalue weighted by Gasteiger charge is 2.31. The van der Waals surface area contributed by atoms with Crippen LogP contribution in [0.3, 0.4) is 0 Å². The Morgan fingerprint density at radius 1 is 1.10 bits per heavy atom. The van der Waals surface area contributed by atoms with Crippen LogP contribution in [0.25, 0.3) is 22.4 Å². The number of amides is 2. The molecule has 5 rings (SSSR count). The Labute approximate surface area is 181 Å². The van der Waals surface area contributed by atoms with Crippen LogP contribution in [0, 0.1) is 0 Å². The molecular weight excluding hydrogens is 392 g/mol. The van der Waals surface area contributed by atoms with Crippen LogP contribution in [0.15, 0.2) is 53.1 Å². The summed E-state index contributed by atoms with van der Waals surface area (Å²) in [6.45, 7) is 4.48. The molecule has 0 spiro atoms. The van der Waals surface area contributed by atoms with Crippen LogP contribution in [0.4, 0.5) is 0 Å². The number of benzene rings is 1. The molecule has 31 heavy (non-hydrogen) atoms. The quantitative estimate of drug-likeness (QED) is 0.689. The normalized spacial score (nSPS) is 18.2. The fraction of sp³-hybridized carbons (Fsp3) is 0.375. The third kappa shape index (κ3) is 4.05. The molecule has 1 atom stereocenters. The van der Waals surface area contributed by atoms with Crippen LogP contribution in [0.5, 0.6) is 0 Å². The number of pyridine rings is 1. The third-order valence-electron chi connectivity index (χ3n) is 6.17. The summed E-state index contributed by atoms with van der Waals surface area (Å²) in [5.74, 6) is 0.715. The highest BCUT2D eigenvalue weighted by Crippen LogP contribution is 2.26. The van der Waals surface area contributed by atoms with E-state index >= 15 is 0 Å². The van der Waals surface area contributed by atoms with Gasteiger partial charge >= 0.3 is 0 Å². The lowest BCUT2D eigenvalue weighted by atomic mass is 10.0. The van der Waals surface area contributed by atoms with Gasteiger partial charge in [-0.25, -0.2) is 4.98 Å². The first-order chi connectivity index (χ1) is 15.1. The van der Waals surface area contributed by atoms with Crippen LogP contribution in [0.1, 0.15) is 30.1 Å².